The largest absolute Gasteiger partial charge is 0.420 e. The first-order chi connectivity index (χ1) is 41.1. The minimum Gasteiger partial charge on any atom is -0.420 e. The number of nitrogens with two attached hydrogens (primary N) is 2. The van der Waals surface area contributed by atoms with Gasteiger partial charge in [0.1, 0.15) is 5.84 Å². The number of hydroxylamine groups is 2. The first-order valence-corrected chi connectivity index (χ1v) is 29.4. The molecule has 30 heteroatoms. The molecule has 1 fully saturated rings. The Morgan fingerprint density at radius 3 is 1.68 bits per heavy atom. The Hall–Kier alpha value is -5.58. The second kappa shape index (κ2) is 41.5. The molecule has 85 heavy (non-hydrogen) atoms. The molecule has 478 valence electrons. The fourth-order valence-electron chi connectivity index (χ4n) is 7.84. The molecule has 0 radical (unpaired) electrons. The van der Waals surface area contributed by atoms with Crippen molar-refractivity contribution in [2.24, 2.45) is 27.4 Å². The number of esters is 1. The first kappa shape index (κ1) is 71.9. The Balaban J connectivity index is 0.839. The summed E-state index contributed by atoms with van der Waals surface area (Å²) < 4.78 is 145. The maximum absolute atomic E-state index is 14.0. The molecule has 2 aliphatic rings. The monoisotopic (exact) mass is 1240 g/mol. The van der Waals surface area contributed by atoms with Crippen molar-refractivity contribution in [3.63, 3.8) is 0 Å². The standard InChI is InChI=1S/C55H81F4N7O18S/c1-3-10-66(83-4-2)55(69)43-32-42-6-5-41(33-45(42)64-46(61)34-43)44(35-60)37-62-9-11-65-38-40(39-65)36-63-47(67)7-12-73-14-16-75-18-20-77-22-24-79-26-28-81-30-31-82-29-27-80-25-23-78-21-19-76-17-15-74-13-8-48(68)84-53-49(56)51(58)54(85(70,71)72)52(59)50(53)57/h5-6,32-33,35,37,40H,3-4,7-31,34,36,38-39,60H2,1-2H3,(H2,61,64)(H,63,67)(H,70,71,72). The van der Waals surface area contributed by atoms with E-state index in [9.17, 15) is 40.4 Å². The molecule has 0 aromatic heterocycles. The van der Waals surface area contributed by atoms with Gasteiger partial charge in [0.15, 0.2) is 16.5 Å². The molecule has 25 nitrogen and oxygen atoms in total. The van der Waals surface area contributed by atoms with Gasteiger partial charge >= 0.3 is 16.1 Å². The van der Waals surface area contributed by atoms with Crippen molar-refractivity contribution in [2.75, 3.05) is 178 Å². The predicted octanol–water partition coefficient (Wildman–Crippen LogP) is 3.43. The van der Waals surface area contributed by atoms with E-state index in [1.165, 1.54) is 11.3 Å². The quantitative estimate of drug-likeness (QED) is 0.0108. The zero-order valence-corrected chi connectivity index (χ0v) is 49.0. The van der Waals surface area contributed by atoms with Gasteiger partial charge in [0.05, 0.1) is 157 Å². The van der Waals surface area contributed by atoms with Crippen molar-refractivity contribution in [2.45, 2.75) is 44.4 Å². The number of carbonyl (C=O) groups is 3. The second-order valence-corrected chi connectivity index (χ2v) is 20.0. The molecule has 2 aromatic rings. The van der Waals surface area contributed by atoms with Crippen molar-refractivity contribution >= 4 is 57.3 Å². The topological polar surface area (TPSA) is 312 Å². The highest BCUT2D eigenvalue weighted by atomic mass is 32.2. The molecular formula is C55H81F4N7O18S. The third-order valence-corrected chi connectivity index (χ3v) is 12.9. The van der Waals surface area contributed by atoms with Gasteiger partial charge in [-0.25, -0.2) is 18.8 Å². The summed E-state index contributed by atoms with van der Waals surface area (Å²) >= 11 is 0. The highest BCUT2D eigenvalue weighted by molar-refractivity contribution is 7.85. The summed E-state index contributed by atoms with van der Waals surface area (Å²) in [5.41, 5.74) is 15.7. The molecule has 4 rings (SSSR count). The summed E-state index contributed by atoms with van der Waals surface area (Å²) in [7, 11) is -5.65. The van der Waals surface area contributed by atoms with Crippen molar-refractivity contribution in [1.29, 1.82) is 0 Å². The number of halogens is 4. The Kier molecular flexibility index (Phi) is 35.1. The lowest BCUT2D eigenvalue weighted by Gasteiger charge is -2.39. The lowest BCUT2D eigenvalue weighted by molar-refractivity contribution is -0.180. The highest BCUT2D eigenvalue weighted by Crippen LogP contribution is 2.33. The molecular weight excluding hydrogens is 1150 g/mol. The van der Waals surface area contributed by atoms with Crippen LogP contribution in [0.1, 0.15) is 50.7 Å². The average molecular weight is 1240 g/mol. The fourth-order valence-corrected chi connectivity index (χ4v) is 8.47. The molecule has 6 N–H and O–H groups in total. The summed E-state index contributed by atoms with van der Waals surface area (Å²) in [5.74, 6) is -12.3. The number of fused-ring (bicyclic) bond motifs is 1. The third kappa shape index (κ3) is 27.8. The first-order valence-electron chi connectivity index (χ1n) is 27.9. The summed E-state index contributed by atoms with van der Waals surface area (Å²) in [6, 6.07) is 5.70. The second-order valence-electron chi connectivity index (χ2n) is 18.6. The van der Waals surface area contributed by atoms with Crippen LogP contribution in [-0.4, -0.2) is 231 Å². The van der Waals surface area contributed by atoms with Crippen molar-refractivity contribution < 1.29 is 102 Å². The van der Waals surface area contributed by atoms with E-state index in [2.05, 4.69) is 24.9 Å². The van der Waals surface area contributed by atoms with Gasteiger partial charge in [-0.1, -0.05) is 19.1 Å². The molecule has 2 heterocycles. The van der Waals surface area contributed by atoms with Crippen LogP contribution in [0.2, 0.25) is 0 Å². The van der Waals surface area contributed by atoms with Gasteiger partial charge in [0.25, 0.3) is 5.91 Å². The van der Waals surface area contributed by atoms with Crippen LogP contribution in [0.15, 0.2) is 44.9 Å². The zero-order valence-electron chi connectivity index (χ0n) is 48.2. The number of nitrogens with zero attached hydrogens (tertiary/aromatic N) is 4. The van der Waals surface area contributed by atoms with Gasteiger partial charge < -0.3 is 73.8 Å². The SMILES string of the molecule is CCCN(OCC)C(=O)C1=Cc2ccc(C(C=NCCN3CC(CNC(=O)CCOCCOCCOCCOCCOCCOCCOCCOCCOCCOCCC(=O)Oc4c(F)c(F)c(S(=O)(=O)O)c(F)c4F)C3)=CN)cc2N=C(N)C1. The Bertz CT molecular complexity index is 2560. The Morgan fingerprint density at radius 1 is 0.741 bits per heavy atom. The van der Waals surface area contributed by atoms with Crippen LogP contribution < -0.4 is 21.5 Å². The van der Waals surface area contributed by atoms with E-state index in [0.29, 0.717) is 148 Å². The molecule has 0 saturated carbocycles. The van der Waals surface area contributed by atoms with Gasteiger partial charge in [-0.3, -0.25) is 28.8 Å². The number of hydrogen-bond donors (Lipinski definition) is 4. The van der Waals surface area contributed by atoms with E-state index in [1.54, 1.807) is 6.21 Å². The number of aliphatic imine (C=N–C) groups is 2. The summed E-state index contributed by atoms with van der Waals surface area (Å²) in [4.78, 5) is 52.2. The normalized spacial score (nSPS) is 14.0. The number of rotatable bonds is 47. The summed E-state index contributed by atoms with van der Waals surface area (Å²) in [6.07, 6.45) is 5.73. The number of nitrogens with one attached hydrogen (secondary N) is 1. The number of likely N-dealkylation sites (tertiary alicyclic amines) is 1. The predicted molar refractivity (Wildman–Crippen MR) is 302 cm³/mol. The lowest BCUT2D eigenvalue weighted by atomic mass is 10.0. The Morgan fingerprint density at radius 2 is 1.22 bits per heavy atom. The van der Waals surface area contributed by atoms with Gasteiger partial charge in [-0.05, 0) is 31.1 Å². The molecule has 0 unspecified atom stereocenters. The van der Waals surface area contributed by atoms with Crippen LogP contribution >= 0.6 is 0 Å². The maximum Gasteiger partial charge on any atom is 0.313 e. The number of allylic oxidation sites excluding steroid dienone is 1. The number of amidine groups is 1. The van der Waals surface area contributed by atoms with Crippen LogP contribution in [0, 0.1) is 29.2 Å². The van der Waals surface area contributed by atoms with E-state index in [1.807, 2.05) is 38.1 Å². The van der Waals surface area contributed by atoms with Gasteiger partial charge in [-0.15, -0.1) is 0 Å². The average Bonchev–Trinajstić information content (AvgIpc) is 3.60. The fraction of sp³-hybridized carbons (Fsp3) is 0.618. The van der Waals surface area contributed by atoms with E-state index in [-0.39, 0.29) is 57.7 Å². The number of amides is 2. The summed E-state index contributed by atoms with van der Waals surface area (Å²) in [6.45, 7) is 14.4. The van der Waals surface area contributed by atoms with Crippen molar-refractivity contribution in [1.82, 2.24) is 15.3 Å². The van der Waals surface area contributed by atoms with Crippen LogP contribution in [-0.2, 0) is 76.7 Å². The van der Waals surface area contributed by atoms with Crippen molar-refractivity contribution in [3.8, 4) is 5.75 Å². The molecule has 2 amide bonds. The van der Waals surface area contributed by atoms with Crippen LogP contribution in [0.4, 0.5) is 23.2 Å². The number of ether oxygens (including phenoxy) is 11. The molecule has 0 aliphatic carbocycles. The molecule has 0 spiro atoms. The van der Waals surface area contributed by atoms with Crippen LogP contribution in [0.3, 0.4) is 0 Å². The molecule has 0 bridgehead atoms. The molecule has 2 aromatic carbocycles. The van der Waals surface area contributed by atoms with Crippen LogP contribution in [0.5, 0.6) is 5.75 Å². The minimum absolute atomic E-state index is 0.0174. The van der Waals surface area contributed by atoms with E-state index in [0.717, 1.165) is 42.8 Å². The molecule has 1 saturated heterocycles. The molecule has 2 aliphatic heterocycles. The minimum atomic E-state index is -5.65. The zero-order chi connectivity index (χ0) is 61.7. The van der Waals surface area contributed by atoms with E-state index >= 15 is 0 Å². The van der Waals surface area contributed by atoms with E-state index in [4.69, 9.17) is 68.2 Å². The van der Waals surface area contributed by atoms with E-state index < -0.39 is 56.4 Å². The number of benzene rings is 2. The smallest absolute Gasteiger partial charge is 0.313 e. The van der Waals surface area contributed by atoms with Gasteiger partial charge in [0, 0.05) is 80.6 Å². The third-order valence-electron chi connectivity index (χ3n) is 12.0. The van der Waals surface area contributed by atoms with Crippen LogP contribution in [0.25, 0.3) is 11.6 Å². The molecule has 0 atom stereocenters. The summed E-state index contributed by atoms with van der Waals surface area (Å²) in [5, 5.41) is 4.37. The number of carbonyl (C=O) groups excluding carboxylic acids is 3. The van der Waals surface area contributed by atoms with Gasteiger partial charge in [-0.2, -0.15) is 17.2 Å². The van der Waals surface area contributed by atoms with Crippen molar-refractivity contribution in [3.05, 3.63) is 64.4 Å². The Labute approximate surface area is 492 Å². The number of hydrogen-bond acceptors (Lipinski definition) is 22. The maximum atomic E-state index is 14.0. The lowest BCUT2D eigenvalue weighted by Crippen LogP contribution is -2.52. The van der Waals surface area contributed by atoms with Gasteiger partial charge in [0.2, 0.25) is 23.3 Å². The highest BCUT2D eigenvalue weighted by Gasteiger charge is 2.34.